The summed E-state index contributed by atoms with van der Waals surface area (Å²) in [4.78, 5) is 26.9. The van der Waals surface area contributed by atoms with Crippen LogP contribution in [0.1, 0.15) is 64.2 Å². The van der Waals surface area contributed by atoms with Crippen molar-refractivity contribution in [2.24, 2.45) is 0 Å². The van der Waals surface area contributed by atoms with Crippen molar-refractivity contribution in [3.05, 3.63) is 70.9 Å². The van der Waals surface area contributed by atoms with E-state index in [4.69, 9.17) is 4.74 Å². The number of fused-ring (bicyclic) bond motifs is 1. The van der Waals surface area contributed by atoms with Crippen LogP contribution in [0.3, 0.4) is 0 Å². The third-order valence-corrected chi connectivity index (χ3v) is 5.67. The van der Waals surface area contributed by atoms with Gasteiger partial charge in [-0.05, 0) is 36.2 Å². The number of para-hydroxylation sites is 1. The molecule has 0 fully saturated rings. The zero-order chi connectivity index (χ0) is 22.0. The fourth-order valence-electron chi connectivity index (χ4n) is 4.10. The SMILES string of the molecule is CCCCCN1C(=O)c2[nH]nc(-c3ccccc3O)c2C1c1ccc(C(=O)OC)cc1. The first-order valence-electron chi connectivity index (χ1n) is 10.4. The van der Waals surface area contributed by atoms with Gasteiger partial charge in [0.2, 0.25) is 0 Å². The van der Waals surface area contributed by atoms with Gasteiger partial charge in [-0.25, -0.2) is 4.79 Å². The lowest BCUT2D eigenvalue weighted by molar-refractivity contribution is 0.0600. The Balaban J connectivity index is 1.81. The number of nitrogens with one attached hydrogen (secondary N) is 1. The number of benzene rings is 2. The number of aromatic hydroxyl groups is 1. The van der Waals surface area contributed by atoms with Gasteiger partial charge in [-0.15, -0.1) is 0 Å². The molecule has 0 radical (unpaired) electrons. The fraction of sp³-hybridized carbons (Fsp3) is 0.292. The number of aromatic amines is 1. The first-order valence-corrected chi connectivity index (χ1v) is 10.4. The average molecular weight is 419 g/mol. The molecule has 0 saturated carbocycles. The van der Waals surface area contributed by atoms with Crippen LogP contribution in [0.25, 0.3) is 11.3 Å². The predicted molar refractivity (Wildman–Crippen MR) is 116 cm³/mol. The first kappa shape index (κ1) is 20.7. The molecule has 1 unspecified atom stereocenters. The molecule has 2 N–H and O–H groups in total. The fourth-order valence-corrected chi connectivity index (χ4v) is 4.10. The van der Waals surface area contributed by atoms with Crippen LogP contribution in [0.15, 0.2) is 48.5 Å². The van der Waals surface area contributed by atoms with Gasteiger partial charge >= 0.3 is 5.97 Å². The highest BCUT2D eigenvalue weighted by Gasteiger charge is 2.42. The third kappa shape index (κ3) is 3.67. The molecule has 2 aromatic carbocycles. The van der Waals surface area contributed by atoms with Gasteiger partial charge in [-0.1, -0.05) is 44.0 Å². The molecule has 1 aliphatic rings. The number of esters is 1. The number of methoxy groups -OCH3 is 1. The number of nitrogens with zero attached hydrogens (tertiary/aromatic N) is 2. The summed E-state index contributed by atoms with van der Waals surface area (Å²) < 4.78 is 4.79. The van der Waals surface area contributed by atoms with E-state index in [0.717, 1.165) is 30.4 Å². The summed E-state index contributed by atoms with van der Waals surface area (Å²) >= 11 is 0. The zero-order valence-corrected chi connectivity index (χ0v) is 17.6. The molecule has 4 rings (SSSR count). The Kier molecular flexibility index (Phi) is 5.75. The highest BCUT2D eigenvalue weighted by molar-refractivity contribution is 6.00. The van der Waals surface area contributed by atoms with Crippen molar-refractivity contribution in [3.63, 3.8) is 0 Å². The number of amides is 1. The van der Waals surface area contributed by atoms with E-state index in [1.807, 2.05) is 23.1 Å². The molecule has 0 bridgehead atoms. The van der Waals surface area contributed by atoms with E-state index < -0.39 is 5.97 Å². The second kappa shape index (κ2) is 8.63. The van der Waals surface area contributed by atoms with Crippen molar-refractivity contribution in [1.82, 2.24) is 15.1 Å². The van der Waals surface area contributed by atoms with E-state index in [9.17, 15) is 14.7 Å². The van der Waals surface area contributed by atoms with Crippen LogP contribution in [0, 0.1) is 0 Å². The van der Waals surface area contributed by atoms with Crippen molar-refractivity contribution in [2.45, 2.75) is 32.2 Å². The number of rotatable bonds is 7. The molecule has 160 valence electrons. The van der Waals surface area contributed by atoms with Crippen molar-refractivity contribution >= 4 is 11.9 Å². The molecule has 7 heteroatoms. The van der Waals surface area contributed by atoms with E-state index in [2.05, 4.69) is 17.1 Å². The van der Waals surface area contributed by atoms with Gasteiger partial charge in [0.25, 0.3) is 5.91 Å². The summed E-state index contributed by atoms with van der Waals surface area (Å²) in [5.74, 6) is -0.413. The van der Waals surface area contributed by atoms with Crippen LogP contribution in [0.2, 0.25) is 0 Å². The normalized spacial score (nSPS) is 15.2. The molecule has 1 aromatic heterocycles. The number of phenols is 1. The minimum atomic E-state index is -0.409. The van der Waals surface area contributed by atoms with E-state index in [1.165, 1.54) is 7.11 Å². The number of H-pyrrole nitrogens is 1. The summed E-state index contributed by atoms with van der Waals surface area (Å²) in [6.45, 7) is 2.73. The van der Waals surface area contributed by atoms with Crippen LogP contribution in [0.4, 0.5) is 0 Å². The Hall–Kier alpha value is -3.61. The van der Waals surface area contributed by atoms with Gasteiger partial charge in [0.05, 0.1) is 18.7 Å². The molecule has 0 aliphatic carbocycles. The Bertz CT molecular complexity index is 1100. The maximum atomic E-state index is 13.2. The van der Waals surface area contributed by atoms with Crippen molar-refractivity contribution < 1.29 is 19.4 Å². The molecule has 7 nitrogen and oxygen atoms in total. The molecular weight excluding hydrogens is 394 g/mol. The molecule has 0 saturated heterocycles. The largest absolute Gasteiger partial charge is 0.507 e. The van der Waals surface area contributed by atoms with Crippen LogP contribution in [0.5, 0.6) is 5.75 Å². The van der Waals surface area contributed by atoms with E-state index in [0.29, 0.717) is 29.1 Å². The molecule has 1 amide bonds. The monoisotopic (exact) mass is 419 g/mol. The van der Waals surface area contributed by atoms with Crippen molar-refractivity contribution in [1.29, 1.82) is 0 Å². The minimum absolute atomic E-state index is 0.105. The average Bonchev–Trinajstić information content (AvgIpc) is 3.33. The molecule has 1 aliphatic heterocycles. The summed E-state index contributed by atoms with van der Waals surface area (Å²) in [7, 11) is 1.34. The lowest BCUT2D eigenvalue weighted by Crippen LogP contribution is -2.30. The smallest absolute Gasteiger partial charge is 0.337 e. The summed E-state index contributed by atoms with van der Waals surface area (Å²) in [5, 5.41) is 17.7. The lowest BCUT2D eigenvalue weighted by Gasteiger charge is -2.26. The van der Waals surface area contributed by atoms with Gasteiger partial charge in [-0.2, -0.15) is 5.10 Å². The number of unbranched alkanes of at least 4 members (excludes halogenated alkanes) is 2. The number of phenolic OH excluding ortho intramolecular Hbond substituents is 1. The zero-order valence-electron chi connectivity index (χ0n) is 17.6. The Morgan fingerprint density at radius 1 is 1.16 bits per heavy atom. The number of carbonyl (C=O) groups is 2. The van der Waals surface area contributed by atoms with E-state index >= 15 is 0 Å². The van der Waals surface area contributed by atoms with Crippen LogP contribution in [-0.2, 0) is 4.74 Å². The highest BCUT2D eigenvalue weighted by Crippen LogP contribution is 2.44. The second-order valence-electron chi connectivity index (χ2n) is 7.60. The molecule has 1 atom stereocenters. The molecule has 0 spiro atoms. The van der Waals surface area contributed by atoms with Gasteiger partial charge in [-0.3, -0.25) is 9.89 Å². The summed E-state index contributed by atoms with van der Waals surface area (Å²) in [5.41, 5.74) is 3.63. The molecule has 3 aromatic rings. The summed E-state index contributed by atoms with van der Waals surface area (Å²) in [6.07, 6.45) is 2.97. The Labute approximate surface area is 180 Å². The number of ether oxygens (including phenoxy) is 1. The predicted octanol–water partition coefficient (Wildman–Crippen LogP) is 4.30. The third-order valence-electron chi connectivity index (χ3n) is 5.67. The summed E-state index contributed by atoms with van der Waals surface area (Å²) in [6, 6.07) is 13.7. The number of carbonyl (C=O) groups excluding carboxylic acids is 2. The lowest BCUT2D eigenvalue weighted by atomic mass is 9.95. The van der Waals surface area contributed by atoms with Crippen molar-refractivity contribution in [2.75, 3.05) is 13.7 Å². The Morgan fingerprint density at radius 3 is 2.58 bits per heavy atom. The van der Waals surface area contributed by atoms with Gasteiger partial charge < -0.3 is 14.7 Å². The van der Waals surface area contributed by atoms with Crippen LogP contribution >= 0.6 is 0 Å². The molecular formula is C24H25N3O4. The number of hydrogen-bond acceptors (Lipinski definition) is 5. The van der Waals surface area contributed by atoms with E-state index in [-0.39, 0.29) is 17.7 Å². The molecule has 31 heavy (non-hydrogen) atoms. The molecule has 2 heterocycles. The van der Waals surface area contributed by atoms with Gasteiger partial charge in [0.15, 0.2) is 0 Å². The van der Waals surface area contributed by atoms with Gasteiger partial charge in [0.1, 0.15) is 17.1 Å². The number of hydrogen-bond donors (Lipinski definition) is 2. The van der Waals surface area contributed by atoms with Crippen LogP contribution in [-0.4, -0.2) is 45.7 Å². The minimum Gasteiger partial charge on any atom is -0.507 e. The van der Waals surface area contributed by atoms with E-state index in [1.54, 1.807) is 30.3 Å². The standard InChI is InChI=1S/C24H25N3O4/c1-3-4-7-14-27-22(15-10-12-16(13-11-15)24(30)31-2)19-20(25-26-21(19)23(27)29)17-8-5-6-9-18(17)28/h5-6,8-13,22,28H,3-4,7,14H2,1-2H3,(H,25,26). The maximum absolute atomic E-state index is 13.2. The Morgan fingerprint density at radius 2 is 1.90 bits per heavy atom. The quantitative estimate of drug-likeness (QED) is 0.440. The first-order chi connectivity index (χ1) is 15.1. The second-order valence-corrected chi connectivity index (χ2v) is 7.60. The van der Waals surface area contributed by atoms with Crippen LogP contribution < -0.4 is 0 Å². The number of aromatic nitrogens is 2. The van der Waals surface area contributed by atoms with Gasteiger partial charge in [0, 0.05) is 17.7 Å². The van der Waals surface area contributed by atoms with Crippen molar-refractivity contribution in [3.8, 4) is 17.0 Å². The maximum Gasteiger partial charge on any atom is 0.337 e. The topological polar surface area (TPSA) is 95.5 Å². The highest BCUT2D eigenvalue weighted by atomic mass is 16.5.